The molecule has 20 heavy (non-hydrogen) atoms. The number of nitrogens with one attached hydrogen (secondary N) is 1. The Bertz CT molecular complexity index is 382. The minimum absolute atomic E-state index is 0.339. The van der Waals surface area contributed by atoms with Gasteiger partial charge in [0, 0.05) is 31.2 Å². The summed E-state index contributed by atoms with van der Waals surface area (Å²) in [5.41, 5.74) is 1.27. The highest BCUT2D eigenvalue weighted by Crippen LogP contribution is 2.18. The topological polar surface area (TPSA) is 24.5 Å². The number of hydrogen-bond acceptors (Lipinski definition) is 3. The molecule has 0 aromatic heterocycles. The number of rotatable bonds is 8. The van der Waals surface area contributed by atoms with E-state index in [1.165, 1.54) is 5.56 Å². The first-order valence-electron chi connectivity index (χ1n) is 7.58. The molecule has 0 aliphatic heterocycles. The first-order chi connectivity index (χ1) is 9.45. The molecular formula is C17H30N2O. The zero-order valence-electron chi connectivity index (χ0n) is 13.8. The van der Waals surface area contributed by atoms with Crippen LogP contribution in [0.2, 0.25) is 0 Å². The monoisotopic (exact) mass is 278 g/mol. The van der Waals surface area contributed by atoms with Gasteiger partial charge in [-0.25, -0.2) is 0 Å². The first kappa shape index (κ1) is 17.0. The molecule has 1 aromatic carbocycles. The maximum absolute atomic E-state index is 5.27. The minimum atomic E-state index is 0.339. The van der Waals surface area contributed by atoms with Crippen LogP contribution in [0.1, 0.15) is 46.2 Å². The Morgan fingerprint density at radius 3 is 2.30 bits per heavy atom. The van der Waals surface area contributed by atoms with Gasteiger partial charge < -0.3 is 10.1 Å². The Labute approximate surface area is 124 Å². The lowest BCUT2D eigenvalue weighted by atomic mass is 10.1. The van der Waals surface area contributed by atoms with Crippen LogP contribution in [0.25, 0.3) is 0 Å². The van der Waals surface area contributed by atoms with Gasteiger partial charge in [-0.1, -0.05) is 12.1 Å². The van der Waals surface area contributed by atoms with Crippen molar-refractivity contribution in [2.45, 2.75) is 52.7 Å². The molecule has 0 heterocycles. The van der Waals surface area contributed by atoms with Crippen LogP contribution < -0.4 is 10.1 Å². The molecule has 0 saturated carbocycles. The highest BCUT2D eigenvalue weighted by Gasteiger charge is 2.13. The molecule has 1 rings (SSSR count). The van der Waals surface area contributed by atoms with Crippen molar-refractivity contribution in [3.63, 3.8) is 0 Å². The second kappa shape index (κ2) is 8.28. The second-order valence-corrected chi connectivity index (χ2v) is 5.88. The molecule has 0 aliphatic rings. The van der Waals surface area contributed by atoms with E-state index in [1.807, 2.05) is 12.1 Å². The molecule has 0 bridgehead atoms. The Morgan fingerprint density at radius 2 is 1.75 bits per heavy atom. The largest absolute Gasteiger partial charge is 0.497 e. The minimum Gasteiger partial charge on any atom is -0.497 e. The summed E-state index contributed by atoms with van der Waals surface area (Å²) in [4.78, 5) is 2.51. The van der Waals surface area contributed by atoms with Crippen LogP contribution in [0.3, 0.4) is 0 Å². The molecule has 1 atom stereocenters. The molecule has 0 saturated heterocycles. The summed E-state index contributed by atoms with van der Waals surface area (Å²) in [7, 11) is 1.71. The molecular weight excluding hydrogens is 248 g/mol. The van der Waals surface area contributed by atoms with E-state index in [1.54, 1.807) is 7.11 Å². The van der Waals surface area contributed by atoms with E-state index >= 15 is 0 Å². The third-order valence-electron chi connectivity index (χ3n) is 3.74. The average Bonchev–Trinajstić information content (AvgIpc) is 2.42. The molecule has 114 valence electrons. The molecule has 3 nitrogen and oxygen atoms in total. The van der Waals surface area contributed by atoms with E-state index in [0.29, 0.717) is 18.1 Å². The summed E-state index contributed by atoms with van der Waals surface area (Å²) in [5.74, 6) is 0.919. The Kier molecular flexibility index (Phi) is 7.03. The van der Waals surface area contributed by atoms with Crippen LogP contribution >= 0.6 is 0 Å². The van der Waals surface area contributed by atoms with Crippen LogP contribution in [-0.4, -0.2) is 37.2 Å². The van der Waals surface area contributed by atoms with Crippen molar-refractivity contribution in [3.8, 4) is 5.75 Å². The standard InChI is InChI=1S/C17H30N2O/c1-13(2)19(14(3)4)11-10-18-15(5)16-8-7-9-17(12-16)20-6/h7-9,12-15,18H,10-11H2,1-6H3. The molecule has 1 aromatic rings. The van der Waals surface area contributed by atoms with Crippen molar-refractivity contribution in [3.05, 3.63) is 29.8 Å². The SMILES string of the molecule is COc1cccc(C(C)NCCN(C(C)C)C(C)C)c1. The quantitative estimate of drug-likeness (QED) is 0.788. The van der Waals surface area contributed by atoms with Crippen molar-refractivity contribution in [2.75, 3.05) is 20.2 Å². The van der Waals surface area contributed by atoms with Crippen LogP contribution in [0.4, 0.5) is 0 Å². The molecule has 1 N–H and O–H groups in total. The molecule has 0 amide bonds. The Hall–Kier alpha value is -1.06. The van der Waals surface area contributed by atoms with Gasteiger partial charge in [0.1, 0.15) is 5.75 Å². The third kappa shape index (κ3) is 5.14. The fourth-order valence-electron chi connectivity index (χ4n) is 2.55. The zero-order chi connectivity index (χ0) is 15.1. The summed E-state index contributed by atoms with van der Waals surface area (Å²) >= 11 is 0. The maximum atomic E-state index is 5.27. The number of methoxy groups -OCH3 is 1. The average molecular weight is 278 g/mol. The van der Waals surface area contributed by atoms with Crippen molar-refractivity contribution < 1.29 is 4.74 Å². The number of benzene rings is 1. The van der Waals surface area contributed by atoms with Gasteiger partial charge >= 0.3 is 0 Å². The smallest absolute Gasteiger partial charge is 0.119 e. The van der Waals surface area contributed by atoms with E-state index in [0.717, 1.165) is 18.8 Å². The van der Waals surface area contributed by atoms with Crippen LogP contribution in [0.5, 0.6) is 5.75 Å². The predicted molar refractivity (Wildman–Crippen MR) is 86.4 cm³/mol. The highest BCUT2D eigenvalue weighted by atomic mass is 16.5. The van der Waals surface area contributed by atoms with Gasteiger partial charge in [-0.15, -0.1) is 0 Å². The Balaban J connectivity index is 2.48. The molecule has 0 fully saturated rings. The number of nitrogens with zero attached hydrogens (tertiary/aromatic N) is 1. The molecule has 0 spiro atoms. The van der Waals surface area contributed by atoms with Gasteiger partial charge in [-0.05, 0) is 52.3 Å². The first-order valence-corrected chi connectivity index (χ1v) is 7.58. The zero-order valence-corrected chi connectivity index (χ0v) is 13.8. The number of ether oxygens (including phenoxy) is 1. The molecule has 0 radical (unpaired) electrons. The Morgan fingerprint density at radius 1 is 1.10 bits per heavy atom. The van der Waals surface area contributed by atoms with E-state index < -0.39 is 0 Å². The van der Waals surface area contributed by atoms with Gasteiger partial charge in [0.15, 0.2) is 0 Å². The fraction of sp³-hybridized carbons (Fsp3) is 0.647. The summed E-state index contributed by atoms with van der Waals surface area (Å²) in [6.45, 7) is 13.3. The summed E-state index contributed by atoms with van der Waals surface area (Å²) in [6, 6.07) is 9.78. The van der Waals surface area contributed by atoms with Gasteiger partial charge in [0.2, 0.25) is 0 Å². The highest BCUT2D eigenvalue weighted by molar-refractivity contribution is 5.30. The number of hydrogen-bond donors (Lipinski definition) is 1. The maximum Gasteiger partial charge on any atom is 0.119 e. The third-order valence-corrected chi connectivity index (χ3v) is 3.74. The molecule has 3 heteroatoms. The van der Waals surface area contributed by atoms with Crippen molar-refractivity contribution in [2.24, 2.45) is 0 Å². The normalized spacial score (nSPS) is 13.2. The lowest BCUT2D eigenvalue weighted by molar-refractivity contribution is 0.174. The molecule has 0 aliphatic carbocycles. The van der Waals surface area contributed by atoms with Crippen LogP contribution in [-0.2, 0) is 0 Å². The molecule has 1 unspecified atom stereocenters. The van der Waals surface area contributed by atoms with E-state index in [9.17, 15) is 0 Å². The summed E-state index contributed by atoms with van der Waals surface area (Å²) in [6.07, 6.45) is 0. The second-order valence-electron chi connectivity index (χ2n) is 5.88. The van der Waals surface area contributed by atoms with E-state index in [-0.39, 0.29) is 0 Å². The van der Waals surface area contributed by atoms with Gasteiger partial charge in [-0.3, -0.25) is 4.90 Å². The van der Waals surface area contributed by atoms with Crippen molar-refractivity contribution >= 4 is 0 Å². The van der Waals surface area contributed by atoms with E-state index in [2.05, 4.69) is 57.0 Å². The summed E-state index contributed by atoms with van der Waals surface area (Å²) < 4.78 is 5.27. The predicted octanol–water partition coefficient (Wildman–Crippen LogP) is 3.46. The lowest BCUT2D eigenvalue weighted by Gasteiger charge is -2.31. The van der Waals surface area contributed by atoms with Gasteiger partial charge in [0.05, 0.1) is 7.11 Å². The van der Waals surface area contributed by atoms with Crippen LogP contribution in [0.15, 0.2) is 24.3 Å². The fourth-order valence-corrected chi connectivity index (χ4v) is 2.55. The van der Waals surface area contributed by atoms with Crippen LogP contribution in [0, 0.1) is 0 Å². The van der Waals surface area contributed by atoms with Crippen molar-refractivity contribution in [1.29, 1.82) is 0 Å². The van der Waals surface area contributed by atoms with E-state index in [4.69, 9.17) is 4.74 Å². The summed E-state index contributed by atoms with van der Waals surface area (Å²) in [5, 5.41) is 3.59. The van der Waals surface area contributed by atoms with Gasteiger partial charge in [-0.2, -0.15) is 0 Å². The lowest BCUT2D eigenvalue weighted by Crippen LogP contribution is -2.41. The van der Waals surface area contributed by atoms with Gasteiger partial charge in [0.25, 0.3) is 0 Å². The van der Waals surface area contributed by atoms with Crippen molar-refractivity contribution in [1.82, 2.24) is 10.2 Å².